The molecule has 0 saturated carbocycles. The van der Waals surface area contributed by atoms with Crippen LogP contribution in [-0.4, -0.2) is 10.5 Å². The van der Waals surface area contributed by atoms with Crippen LogP contribution in [0, 0.1) is 0 Å². The minimum atomic E-state index is 0.171. The van der Waals surface area contributed by atoms with E-state index in [1.54, 1.807) is 11.3 Å². The van der Waals surface area contributed by atoms with Crippen molar-refractivity contribution in [1.29, 1.82) is 0 Å². The molecule has 0 fully saturated rings. The molecular formula is C12H22N2S. The van der Waals surface area contributed by atoms with Gasteiger partial charge in [0.2, 0.25) is 0 Å². The van der Waals surface area contributed by atoms with Gasteiger partial charge >= 0.3 is 0 Å². The van der Waals surface area contributed by atoms with E-state index in [9.17, 15) is 0 Å². The monoisotopic (exact) mass is 226 g/mol. The molecular weight excluding hydrogens is 204 g/mol. The van der Waals surface area contributed by atoms with Crippen LogP contribution in [-0.2, 0) is 12.0 Å². The molecule has 0 aromatic carbocycles. The Hall–Kier alpha value is -0.410. The van der Waals surface area contributed by atoms with Gasteiger partial charge in [-0.25, -0.2) is 4.98 Å². The predicted molar refractivity (Wildman–Crippen MR) is 67.4 cm³/mol. The molecule has 1 rings (SSSR count). The van der Waals surface area contributed by atoms with Crippen LogP contribution >= 0.6 is 11.3 Å². The highest BCUT2D eigenvalue weighted by atomic mass is 32.1. The zero-order valence-electron chi connectivity index (χ0n) is 10.6. The molecule has 0 amide bonds. The summed E-state index contributed by atoms with van der Waals surface area (Å²) < 4.78 is 0. The average Bonchev–Trinajstić information content (AvgIpc) is 2.45. The van der Waals surface area contributed by atoms with Gasteiger partial charge in [-0.3, -0.25) is 0 Å². The molecule has 1 aromatic heterocycles. The van der Waals surface area contributed by atoms with Gasteiger partial charge in [-0.1, -0.05) is 20.8 Å². The second-order valence-electron chi connectivity index (χ2n) is 5.99. The number of nitrogens with one attached hydrogen (secondary N) is 1. The summed E-state index contributed by atoms with van der Waals surface area (Å²) in [6, 6.07) is 0. The van der Waals surface area contributed by atoms with E-state index in [-0.39, 0.29) is 11.0 Å². The topological polar surface area (TPSA) is 24.9 Å². The second kappa shape index (κ2) is 4.22. The molecule has 1 heterocycles. The lowest BCUT2D eigenvalue weighted by atomic mass is 9.98. The SMILES string of the molecule is CC(C)(C)NCc1cnc(C(C)(C)C)s1. The molecule has 86 valence electrons. The molecule has 0 unspecified atom stereocenters. The smallest absolute Gasteiger partial charge is 0.0981 e. The standard InChI is InChI=1S/C12H22N2S/c1-11(2,3)10-13-7-9(15-10)8-14-12(4,5)6/h7,14H,8H2,1-6H3. The summed E-state index contributed by atoms with van der Waals surface area (Å²) in [5.74, 6) is 0. The van der Waals surface area contributed by atoms with Crippen LogP contribution in [0.2, 0.25) is 0 Å². The number of nitrogens with zero attached hydrogens (tertiary/aromatic N) is 1. The van der Waals surface area contributed by atoms with Gasteiger partial charge in [0.25, 0.3) is 0 Å². The van der Waals surface area contributed by atoms with Crippen LogP contribution in [0.15, 0.2) is 6.20 Å². The number of thiazole rings is 1. The van der Waals surface area contributed by atoms with Gasteiger partial charge in [-0.2, -0.15) is 0 Å². The first-order chi connectivity index (χ1) is 6.68. The van der Waals surface area contributed by atoms with Crippen molar-refractivity contribution in [3.63, 3.8) is 0 Å². The van der Waals surface area contributed by atoms with Crippen molar-refractivity contribution in [2.45, 2.75) is 59.0 Å². The van der Waals surface area contributed by atoms with Crippen LogP contribution in [0.3, 0.4) is 0 Å². The van der Waals surface area contributed by atoms with Gasteiger partial charge < -0.3 is 5.32 Å². The van der Waals surface area contributed by atoms with Crippen molar-refractivity contribution in [1.82, 2.24) is 10.3 Å². The molecule has 0 spiro atoms. The van der Waals surface area contributed by atoms with Crippen LogP contribution < -0.4 is 5.32 Å². The fourth-order valence-corrected chi connectivity index (χ4v) is 2.00. The van der Waals surface area contributed by atoms with Crippen molar-refractivity contribution in [2.24, 2.45) is 0 Å². The maximum Gasteiger partial charge on any atom is 0.0981 e. The molecule has 1 N–H and O–H groups in total. The Labute approximate surface area is 97.1 Å². The van der Waals surface area contributed by atoms with Gasteiger partial charge in [0.15, 0.2) is 0 Å². The number of hydrogen-bond acceptors (Lipinski definition) is 3. The molecule has 0 aliphatic rings. The van der Waals surface area contributed by atoms with Crippen molar-refractivity contribution in [3.05, 3.63) is 16.1 Å². The van der Waals surface area contributed by atoms with E-state index in [1.165, 1.54) is 9.88 Å². The molecule has 2 nitrogen and oxygen atoms in total. The summed E-state index contributed by atoms with van der Waals surface area (Å²) in [6.07, 6.45) is 1.99. The van der Waals surface area contributed by atoms with E-state index in [0.29, 0.717) is 0 Å². The van der Waals surface area contributed by atoms with Crippen molar-refractivity contribution < 1.29 is 0 Å². The molecule has 0 radical (unpaired) electrons. The third-order valence-electron chi connectivity index (χ3n) is 1.99. The molecule has 3 heteroatoms. The summed E-state index contributed by atoms with van der Waals surface area (Å²) in [7, 11) is 0. The molecule has 0 bridgehead atoms. The fourth-order valence-electron chi connectivity index (χ4n) is 1.09. The fraction of sp³-hybridized carbons (Fsp3) is 0.750. The van der Waals surface area contributed by atoms with Gasteiger partial charge in [-0.05, 0) is 20.8 Å². The normalized spacial score (nSPS) is 13.2. The minimum Gasteiger partial charge on any atom is -0.307 e. The summed E-state index contributed by atoms with van der Waals surface area (Å²) in [6.45, 7) is 14.1. The van der Waals surface area contributed by atoms with Crippen molar-refractivity contribution in [2.75, 3.05) is 0 Å². The van der Waals surface area contributed by atoms with Gasteiger partial charge in [0.05, 0.1) is 5.01 Å². The van der Waals surface area contributed by atoms with Gasteiger partial charge in [0.1, 0.15) is 0 Å². The molecule has 0 aliphatic carbocycles. The Morgan fingerprint density at radius 2 is 1.80 bits per heavy atom. The quantitative estimate of drug-likeness (QED) is 0.836. The van der Waals surface area contributed by atoms with E-state index in [1.807, 2.05) is 6.20 Å². The van der Waals surface area contributed by atoms with Gasteiger partial charge in [-0.15, -0.1) is 11.3 Å². The zero-order valence-corrected chi connectivity index (χ0v) is 11.5. The predicted octanol–water partition coefficient (Wildman–Crippen LogP) is 3.33. The minimum absolute atomic E-state index is 0.171. The molecule has 0 atom stereocenters. The molecule has 1 aromatic rings. The highest BCUT2D eigenvalue weighted by molar-refractivity contribution is 7.11. The lowest BCUT2D eigenvalue weighted by molar-refractivity contribution is 0.426. The summed E-state index contributed by atoms with van der Waals surface area (Å²) in [4.78, 5) is 5.78. The Morgan fingerprint density at radius 3 is 2.20 bits per heavy atom. The summed E-state index contributed by atoms with van der Waals surface area (Å²) >= 11 is 1.81. The molecule has 0 saturated heterocycles. The Balaban J connectivity index is 2.62. The van der Waals surface area contributed by atoms with Crippen molar-refractivity contribution >= 4 is 11.3 Å². The lowest BCUT2D eigenvalue weighted by Crippen LogP contribution is -2.34. The van der Waals surface area contributed by atoms with Crippen LogP contribution in [0.25, 0.3) is 0 Å². The van der Waals surface area contributed by atoms with E-state index < -0.39 is 0 Å². The largest absolute Gasteiger partial charge is 0.307 e. The van der Waals surface area contributed by atoms with Gasteiger partial charge in [0, 0.05) is 28.6 Å². The Morgan fingerprint density at radius 1 is 1.20 bits per heavy atom. The lowest BCUT2D eigenvalue weighted by Gasteiger charge is -2.19. The van der Waals surface area contributed by atoms with Crippen LogP contribution in [0.5, 0.6) is 0 Å². The average molecular weight is 226 g/mol. The number of rotatable bonds is 2. The third-order valence-corrected chi connectivity index (χ3v) is 3.41. The summed E-state index contributed by atoms with van der Waals surface area (Å²) in [5.41, 5.74) is 0.344. The summed E-state index contributed by atoms with van der Waals surface area (Å²) in [5, 5.41) is 4.69. The Kier molecular flexibility index (Phi) is 3.56. The van der Waals surface area contributed by atoms with Crippen LogP contribution in [0.1, 0.15) is 51.4 Å². The first-order valence-electron chi connectivity index (χ1n) is 5.39. The maximum absolute atomic E-state index is 4.47. The van der Waals surface area contributed by atoms with Crippen LogP contribution in [0.4, 0.5) is 0 Å². The van der Waals surface area contributed by atoms with Crippen molar-refractivity contribution in [3.8, 4) is 0 Å². The number of aromatic nitrogens is 1. The van der Waals surface area contributed by atoms with E-state index in [4.69, 9.17) is 0 Å². The highest BCUT2D eigenvalue weighted by Crippen LogP contribution is 2.26. The second-order valence-corrected chi connectivity index (χ2v) is 7.10. The zero-order chi connectivity index (χ0) is 11.7. The first kappa shape index (κ1) is 12.7. The molecule has 15 heavy (non-hydrogen) atoms. The first-order valence-corrected chi connectivity index (χ1v) is 6.20. The van der Waals surface area contributed by atoms with E-state index in [2.05, 4.69) is 51.8 Å². The molecule has 0 aliphatic heterocycles. The van der Waals surface area contributed by atoms with E-state index in [0.717, 1.165) is 6.54 Å². The van der Waals surface area contributed by atoms with E-state index >= 15 is 0 Å². The highest BCUT2D eigenvalue weighted by Gasteiger charge is 2.18. The maximum atomic E-state index is 4.47. The number of hydrogen-bond donors (Lipinski definition) is 1. The third kappa shape index (κ3) is 4.31. The Bertz CT molecular complexity index is 315.